The van der Waals surface area contributed by atoms with Gasteiger partial charge < -0.3 is 5.32 Å². The fraction of sp³-hybridized carbons (Fsp3) is 0.778. The maximum absolute atomic E-state index is 12.5. The summed E-state index contributed by atoms with van der Waals surface area (Å²) in [7, 11) is 0. The van der Waals surface area contributed by atoms with E-state index in [4.69, 9.17) is 0 Å². The molecule has 1 heterocycles. The second-order valence-corrected chi connectivity index (χ2v) is 5.21. The van der Waals surface area contributed by atoms with Crippen LogP contribution in [0.4, 0.5) is 13.2 Å². The Morgan fingerprint density at radius 3 is 2.71 bits per heavy atom. The molecule has 2 aliphatic rings. The minimum atomic E-state index is -4.01. The second kappa shape index (κ2) is 3.57. The first kappa shape index (κ1) is 10.6. The number of rotatable bonds is 0. The van der Waals surface area contributed by atoms with Crippen LogP contribution in [0.1, 0.15) is 19.3 Å². The van der Waals surface area contributed by atoms with Crippen LogP contribution in [0.15, 0.2) is 9.78 Å². The van der Waals surface area contributed by atoms with E-state index in [9.17, 15) is 13.2 Å². The van der Waals surface area contributed by atoms with Gasteiger partial charge in [0.1, 0.15) is 0 Å². The van der Waals surface area contributed by atoms with Crippen molar-refractivity contribution in [3.8, 4) is 0 Å². The Labute approximate surface area is 94.3 Å². The van der Waals surface area contributed by atoms with Gasteiger partial charge in [-0.15, -0.1) is 0 Å². The first-order valence-electron chi connectivity index (χ1n) is 4.67. The monoisotopic (exact) mass is 317 g/mol. The van der Waals surface area contributed by atoms with Crippen molar-refractivity contribution in [2.75, 3.05) is 0 Å². The Hall–Kier alpha value is 0.0600. The minimum absolute atomic E-state index is 0.0935. The molecular formula is C9H11F3IN. The van der Waals surface area contributed by atoms with Crippen molar-refractivity contribution >= 4 is 22.6 Å². The third-order valence-electron chi connectivity index (χ3n) is 3.10. The zero-order valence-corrected chi connectivity index (χ0v) is 9.60. The summed E-state index contributed by atoms with van der Waals surface area (Å²) in [6, 6.07) is 0.250. The predicted molar refractivity (Wildman–Crippen MR) is 55.9 cm³/mol. The molecular weight excluding hydrogens is 306 g/mol. The lowest BCUT2D eigenvalue weighted by molar-refractivity contribution is -0.185. The maximum atomic E-state index is 12.5. The molecule has 1 aliphatic heterocycles. The topological polar surface area (TPSA) is 12.0 Å². The average Bonchev–Trinajstić information content (AvgIpc) is 2.46. The first-order chi connectivity index (χ1) is 6.48. The molecule has 0 amide bonds. The Morgan fingerprint density at radius 1 is 1.36 bits per heavy atom. The quantitative estimate of drug-likeness (QED) is 0.677. The van der Waals surface area contributed by atoms with E-state index >= 15 is 0 Å². The highest BCUT2D eigenvalue weighted by atomic mass is 127. The van der Waals surface area contributed by atoms with Gasteiger partial charge in [-0.05, 0) is 41.9 Å². The van der Waals surface area contributed by atoms with Crippen molar-refractivity contribution in [3.05, 3.63) is 9.78 Å². The summed E-state index contributed by atoms with van der Waals surface area (Å²) in [4.78, 5) is 0. The Kier molecular flexibility index (Phi) is 2.70. The van der Waals surface area contributed by atoms with E-state index in [1.165, 1.54) is 0 Å². The summed E-state index contributed by atoms with van der Waals surface area (Å²) < 4.78 is 38.5. The Bertz CT molecular complexity index is 261. The van der Waals surface area contributed by atoms with Crippen LogP contribution in [0.5, 0.6) is 0 Å². The summed E-state index contributed by atoms with van der Waals surface area (Å²) >= 11 is 2.14. The van der Waals surface area contributed by atoms with Gasteiger partial charge in [0.05, 0.1) is 5.92 Å². The minimum Gasteiger partial charge on any atom is -0.387 e. The van der Waals surface area contributed by atoms with Crippen LogP contribution in [-0.2, 0) is 0 Å². The molecule has 1 saturated carbocycles. The van der Waals surface area contributed by atoms with E-state index in [0.717, 1.165) is 3.58 Å². The van der Waals surface area contributed by atoms with Gasteiger partial charge in [-0.1, -0.05) is 0 Å². The zero-order valence-electron chi connectivity index (χ0n) is 7.44. The van der Waals surface area contributed by atoms with Crippen LogP contribution in [0, 0.1) is 11.8 Å². The number of hydrogen-bond acceptors (Lipinski definition) is 1. The molecule has 1 N–H and O–H groups in total. The summed E-state index contributed by atoms with van der Waals surface area (Å²) in [6.45, 7) is 0. The number of nitrogens with one attached hydrogen (secondary N) is 1. The highest BCUT2D eigenvalue weighted by Gasteiger charge is 2.46. The van der Waals surface area contributed by atoms with Gasteiger partial charge in [0, 0.05) is 21.7 Å². The summed E-state index contributed by atoms with van der Waals surface area (Å²) in [6.07, 6.45) is -0.984. The second-order valence-electron chi connectivity index (χ2n) is 3.96. The van der Waals surface area contributed by atoms with Crippen LogP contribution >= 0.6 is 22.6 Å². The summed E-state index contributed by atoms with van der Waals surface area (Å²) in [5, 5.41) is 3.14. The molecule has 0 aromatic rings. The van der Waals surface area contributed by atoms with E-state index in [0.29, 0.717) is 6.42 Å². The molecule has 5 heteroatoms. The van der Waals surface area contributed by atoms with Crippen LogP contribution in [0.2, 0.25) is 0 Å². The Balaban J connectivity index is 2.06. The van der Waals surface area contributed by atoms with E-state index in [1.54, 1.807) is 0 Å². The van der Waals surface area contributed by atoms with Crippen LogP contribution < -0.4 is 5.32 Å². The standard InChI is InChI=1S/C9H11F3IN/c10-9(11,12)5-1-2-8-6(3-5)7(13)4-14-8/h4-6,8,14H,1-3H2. The molecule has 14 heavy (non-hydrogen) atoms. The van der Waals surface area contributed by atoms with Gasteiger partial charge in [0.2, 0.25) is 0 Å². The molecule has 1 nitrogen and oxygen atoms in total. The smallest absolute Gasteiger partial charge is 0.387 e. The van der Waals surface area contributed by atoms with Crippen LogP contribution in [0.25, 0.3) is 0 Å². The predicted octanol–water partition coefficient (Wildman–Crippen LogP) is 3.21. The van der Waals surface area contributed by atoms with Crippen molar-refractivity contribution in [3.63, 3.8) is 0 Å². The van der Waals surface area contributed by atoms with Gasteiger partial charge >= 0.3 is 6.18 Å². The van der Waals surface area contributed by atoms with Gasteiger partial charge in [0.15, 0.2) is 0 Å². The molecule has 80 valence electrons. The number of halogens is 4. The van der Waals surface area contributed by atoms with Crippen molar-refractivity contribution in [2.24, 2.45) is 11.8 Å². The molecule has 0 saturated heterocycles. The van der Waals surface area contributed by atoms with Crippen LogP contribution in [-0.4, -0.2) is 12.2 Å². The molecule has 0 radical (unpaired) electrons. The number of alkyl halides is 3. The fourth-order valence-corrected chi connectivity index (χ4v) is 3.13. The van der Waals surface area contributed by atoms with Crippen molar-refractivity contribution in [2.45, 2.75) is 31.5 Å². The Morgan fingerprint density at radius 2 is 2.07 bits per heavy atom. The van der Waals surface area contributed by atoms with Gasteiger partial charge in [-0.3, -0.25) is 0 Å². The zero-order chi connectivity index (χ0) is 10.3. The molecule has 0 spiro atoms. The van der Waals surface area contributed by atoms with E-state index in [1.807, 2.05) is 6.20 Å². The maximum Gasteiger partial charge on any atom is 0.391 e. The number of fused-ring (bicyclic) bond motifs is 1. The van der Waals surface area contributed by atoms with Crippen molar-refractivity contribution in [1.82, 2.24) is 5.32 Å². The molecule has 1 fully saturated rings. The molecule has 0 aromatic carbocycles. The summed E-state index contributed by atoms with van der Waals surface area (Å²) in [5.41, 5.74) is 0. The van der Waals surface area contributed by atoms with Gasteiger partial charge in [0.25, 0.3) is 0 Å². The normalized spacial score (nSPS) is 37.4. The van der Waals surface area contributed by atoms with Crippen molar-refractivity contribution < 1.29 is 13.2 Å². The lowest BCUT2D eigenvalue weighted by atomic mass is 9.79. The lowest BCUT2D eigenvalue weighted by Gasteiger charge is -2.33. The van der Waals surface area contributed by atoms with Crippen LogP contribution in [0.3, 0.4) is 0 Å². The fourth-order valence-electron chi connectivity index (χ4n) is 2.27. The van der Waals surface area contributed by atoms with Gasteiger partial charge in [-0.2, -0.15) is 13.2 Å². The van der Waals surface area contributed by atoms with E-state index in [2.05, 4.69) is 27.9 Å². The first-order valence-corrected chi connectivity index (χ1v) is 5.74. The number of hydrogen-bond donors (Lipinski definition) is 1. The lowest BCUT2D eigenvalue weighted by Crippen LogP contribution is -2.38. The molecule has 0 bridgehead atoms. The average molecular weight is 317 g/mol. The highest BCUT2D eigenvalue weighted by molar-refractivity contribution is 14.1. The molecule has 3 atom stereocenters. The van der Waals surface area contributed by atoms with E-state index < -0.39 is 12.1 Å². The van der Waals surface area contributed by atoms with E-state index in [-0.39, 0.29) is 24.8 Å². The largest absolute Gasteiger partial charge is 0.391 e. The molecule has 0 aromatic heterocycles. The SMILES string of the molecule is FC(F)(F)C1CCC2NC=C(I)C2C1. The molecule has 2 rings (SSSR count). The molecule has 3 unspecified atom stereocenters. The third-order valence-corrected chi connectivity index (χ3v) is 4.21. The molecule has 1 aliphatic carbocycles. The van der Waals surface area contributed by atoms with Gasteiger partial charge in [-0.25, -0.2) is 0 Å². The summed E-state index contributed by atoms with van der Waals surface area (Å²) in [5.74, 6) is -1.00. The highest BCUT2D eigenvalue weighted by Crippen LogP contribution is 2.45. The third kappa shape index (κ3) is 1.87. The van der Waals surface area contributed by atoms with Crippen molar-refractivity contribution in [1.29, 1.82) is 0 Å².